The van der Waals surface area contributed by atoms with E-state index < -0.39 is 5.97 Å². The van der Waals surface area contributed by atoms with Crippen LogP contribution in [0.15, 0.2) is 57.6 Å². The molecule has 1 heterocycles. The van der Waals surface area contributed by atoms with Crippen LogP contribution in [0.4, 0.5) is 0 Å². The van der Waals surface area contributed by atoms with Crippen LogP contribution in [0.3, 0.4) is 0 Å². The van der Waals surface area contributed by atoms with Gasteiger partial charge in [-0.3, -0.25) is 0 Å². The van der Waals surface area contributed by atoms with Gasteiger partial charge in [-0.05, 0) is 35.9 Å². The SMILES string of the molecule is COc1ccc(C2=N/C(=C\c3ccccc3Br)C(=O)O2)cc1OC. The number of aliphatic imine (C=N–C) groups is 1. The number of carbonyl (C=O) groups is 1. The van der Waals surface area contributed by atoms with E-state index in [0.717, 1.165) is 10.0 Å². The van der Waals surface area contributed by atoms with Crippen LogP contribution >= 0.6 is 15.9 Å². The molecule has 122 valence electrons. The molecule has 0 fully saturated rings. The van der Waals surface area contributed by atoms with E-state index in [0.29, 0.717) is 17.1 Å². The van der Waals surface area contributed by atoms with Gasteiger partial charge in [0.1, 0.15) is 0 Å². The van der Waals surface area contributed by atoms with Crippen LogP contribution < -0.4 is 9.47 Å². The molecule has 0 aliphatic carbocycles. The Labute approximate surface area is 147 Å². The van der Waals surface area contributed by atoms with Crippen molar-refractivity contribution >= 4 is 33.9 Å². The molecule has 0 aromatic heterocycles. The monoisotopic (exact) mass is 387 g/mol. The largest absolute Gasteiger partial charge is 0.493 e. The van der Waals surface area contributed by atoms with E-state index in [-0.39, 0.29) is 11.6 Å². The third kappa shape index (κ3) is 3.19. The molecule has 0 saturated carbocycles. The lowest BCUT2D eigenvalue weighted by Gasteiger charge is -2.08. The topological polar surface area (TPSA) is 57.1 Å². The van der Waals surface area contributed by atoms with Gasteiger partial charge in [0, 0.05) is 10.0 Å². The van der Waals surface area contributed by atoms with E-state index in [1.807, 2.05) is 24.3 Å². The Balaban J connectivity index is 1.96. The summed E-state index contributed by atoms with van der Waals surface area (Å²) in [5, 5.41) is 0. The van der Waals surface area contributed by atoms with Crippen molar-refractivity contribution < 1.29 is 19.0 Å². The van der Waals surface area contributed by atoms with Crippen molar-refractivity contribution in [2.45, 2.75) is 0 Å². The molecular weight excluding hydrogens is 374 g/mol. The van der Waals surface area contributed by atoms with Gasteiger partial charge in [-0.25, -0.2) is 9.79 Å². The molecule has 24 heavy (non-hydrogen) atoms. The number of benzene rings is 2. The number of methoxy groups -OCH3 is 2. The van der Waals surface area contributed by atoms with Crippen LogP contribution in [-0.4, -0.2) is 26.1 Å². The van der Waals surface area contributed by atoms with E-state index in [2.05, 4.69) is 20.9 Å². The smallest absolute Gasteiger partial charge is 0.363 e. The van der Waals surface area contributed by atoms with Gasteiger partial charge in [-0.2, -0.15) is 0 Å². The molecule has 1 aliphatic heterocycles. The summed E-state index contributed by atoms with van der Waals surface area (Å²) in [5.41, 5.74) is 1.73. The first-order chi connectivity index (χ1) is 11.6. The number of rotatable bonds is 4. The Morgan fingerprint density at radius 2 is 1.83 bits per heavy atom. The molecule has 2 aromatic carbocycles. The minimum atomic E-state index is -0.490. The lowest BCUT2D eigenvalue weighted by molar-refractivity contribution is -0.129. The molecule has 0 spiro atoms. The van der Waals surface area contributed by atoms with Crippen molar-refractivity contribution in [1.82, 2.24) is 0 Å². The summed E-state index contributed by atoms with van der Waals surface area (Å²) in [7, 11) is 3.10. The first-order valence-electron chi connectivity index (χ1n) is 7.12. The zero-order chi connectivity index (χ0) is 17.1. The summed E-state index contributed by atoms with van der Waals surface area (Å²) >= 11 is 3.44. The number of nitrogens with zero attached hydrogens (tertiary/aromatic N) is 1. The maximum Gasteiger partial charge on any atom is 0.363 e. The van der Waals surface area contributed by atoms with Gasteiger partial charge in [-0.15, -0.1) is 0 Å². The number of carbonyl (C=O) groups excluding carboxylic acids is 1. The van der Waals surface area contributed by atoms with Crippen LogP contribution in [0.1, 0.15) is 11.1 Å². The van der Waals surface area contributed by atoms with Crippen LogP contribution in [0.25, 0.3) is 6.08 Å². The fourth-order valence-electron chi connectivity index (χ4n) is 2.24. The summed E-state index contributed by atoms with van der Waals surface area (Å²) in [6, 6.07) is 12.8. The van der Waals surface area contributed by atoms with Crippen LogP contribution in [0, 0.1) is 0 Å². The summed E-state index contributed by atoms with van der Waals surface area (Å²) in [4.78, 5) is 16.4. The fraction of sp³-hybridized carbons (Fsp3) is 0.111. The molecule has 0 bridgehead atoms. The normalized spacial score (nSPS) is 15.2. The predicted molar refractivity (Wildman–Crippen MR) is 94.3 cm³/mol. The van der Waals surface area contributed by atoms with Crippen LogP contribution in [-0.2, 0) is 9.53 Å². The van der Waals surface area contributed by atoms with Crippen molar-refractivity contribution in [2.24, 2.45) is 4.99 Å². The summed E-state index contributed by atoms with van der Waals surface area (Å²) < 4.78 is 16.6. The van der Waals surface area contributed by atoms with Gasteiger partial charge in [0.25, 0.3) is 0 Å². The van der Waals surface area contributed by atoms with Gasteiger partial charge in [0.15, 0.2) is 17.2 Å². The molecule has 6 heteroatoms. The first-order valence-corrected chi connectivity index (χ1v) is 7.91. The maximum atomic E-state index is 12.1. The highest BCUT2D eigenvalue weighted by atomic mass is 79.9. The zero-order valence-corrected chi connectivity index (χ0v) is 14.7. The number of cyclic esters (lactones) is 1. The third-order valence-corrected chi connectivity index (χ3v) is 4.17. The Kier molecular flexibility index (Phi) is 4.66. The highest BCUT2D eigenvalue weighted by molar-refractivity contribution is 9.10. The molecule has 0 N–H and O–H groups in total. The second-order valence-electron chi connectivity index (χ2n) is 4.93. The number of hydrogen-bond acceptors (Lipinski definition) is 5. The van der Waals surface area contributed by atoms with Gasteiger partial charge in [-0.1, -0.05) is 34.1 Å². The second-order valence-corrected chi connectivity index (χ2v) is 5.78. The maximum absolute atomic E-state index is 12.1. The van der Waals surface area contributed by atoms with Gasteiger partial charge in [0.2, 0.25) is 5.90 Å². The Morgan fingerprint density at radius 3 is 2.54 bits per heavy atom. The lowest BCUT2D eigenvalue weighted by Crippen LogP contribution is -2.06. The van der Waals surface area contributed by atoms with Crippen molar-refractivity contribution in [2.75, 3.05) is 14.2 Å². The molecule has 2 aromatic rings. The molecule has 0 radical (unpaired) electrons. The summed E-state index contributed by atoms with van der Waals surface area (Å²) in [6.07, 6.45) is 1.68. The predicted octanol–water partition coefficient (Wildman–Crippen LogP) is 3.81. The standard InChI is InChI=1S/C18H14BrNO4/c1-22-15-8-7-12(10-16(15)23-2)17-20-14(18(21)24-17)9-11-5-3-4-6-13(11)19/h3-10H,1-2H3/b14-9-. The summed E-state index contributed by atoms with van der Waals surface area (Å²) in [6.45, 7) is 0. The van der Waals surface area contributed by atoms with E-state index in [9.17, 15) is 4.79 Å². The molecule has 1 aliphatic rings. The molecule has 3 rings (SSSR count). The van der Waals surface area contributed by atoms with E-state index in [4.69, 9.17) is 14.2 Å². The fourth-order valence-corrected chi connectivity index (χ4v) is 2.64. The Bertz CT molecular complexity index is 858. The average Bonchev–Trinajstić information content (AvgIpc) is 2.97. The minimum Gasteiger partial charge on any atom is -0.493 e. The van der Waals surface area contributed by atoms with E-state index >= 15 is 0 Å². The molecule has 0 amide bonds. The molecule has 0 unspecified atom stereocenters. The Hall–Kier alpha value is -2.60. The number of hydrogen-bond donors (Lipinski definition) is 0. The van der Waals surface area contributed by atoms with Crippen LogP contribution in [0.5, 0.6) is 11.5 Å². The highest BCUT2D eigenvalue weighted by Gasteiger charge is 2.25. The first kappa shape index (κ1) is 16.3. The number of ether oxygens (including phenoxy) is 3. The van der Waals surface area contributed by atoms with Crippen molar-refractivity contribution in [3.63, 3.8) is 0 Å². The van der Waals surface area contributed by atoms with Crippen molar-refractivity contribution in [3.05, 3.63) is 63.8 Å². The third-order valence-electron chi connectivity index (χ3n) is 3.45. The van der Waals surface area contributed by atoms with Crippen molar-refractivity contribution in [1.29, 1.82) is 0 Å². The molecule has 0 atom stereocenters. The van der Waals surface area contributed by atoms with Gasteiger partial charge < -0.3 is 14.2 Å². The Morgan fingerprint density at radius 1 is 1.08 bits per heavy atom. The zero-order valence-electron chi connectivity index (χ0n) is 13.1. The van der Waals surface area contributed by atoms with E-state index in [1.165, 1.54) is 0 Å². The van der Waals surface area contributed by atoms with Crippen molar-refractivity contribution in [3.8, 4) is 11.5 Å². The summed E-state index contributed by atoms with van der Waals surface area (Å²) in [5.74, 6) is 0.877. The second kappa shape index (κ2) is 6.88. The highest BCUT2D eigenvalue weighted by Crippen LogP contribution is 2.30. The quantitative estimate of drug-likeness (QED) is 0.591. The molecule has 0 saturated heterocycles. The van der Waals surface area contributed by atoms with Gasteiger partial charge >= 0.3 is 5.97 Å². The van der Waals surface area contributed by atoms with Crippen LogP contribution in [0.2, 0.25) is 0 Å². The average molecular weight is 388 g/mol. The molecular formula is C18H14BrNO4. The molecule has 5 nitrogen and oxygen atoms in total. The van der Waals surface area contributed by atoms with Gasteiger partial charge in [0.05, 0.1) is 14.2 Å². The number of halogens is 1. The lowest BCUT2D eigenvalue weighted by atomic mass is 10.2. The number of esters is 1. The minimum absolute atomic E-state index is 0.235. The van der Waals surface area contributed by atoms with E-state index in [1.54, 1.807) is 38.5 Å².